The molecule has 0 atom stereocenters. The minimum Gasteiger partial charge on any atom is -0.484 e. The Morgan fingerprint density at radius 3 is 2.25 bits per heavy atom. The number of hydrazine groups is 1. The van der Waals surface area contributed by atoms with Crippen molar-refractivity contribution >= 4 is 17.5 Å². The van der Waals surface area contributed by atoms with E-state index >= 15 is 0 Å². The molecule has 2 amide bonds. The molecule has 8 nitrogen and oxygen atoms in total. The van der Waals surface area contributed by atoms with Crippen LogP contribution in [0.1, 0.15) is 15.9 Å². The van der Waals surface area contributed by atoms with E-state index < -0.39 is 16.7 Å². The molecule has 2 aromatic carbocycles. The van der Waals surface area contributed by atoms with E-state index in [0.717, 1.165) is 5.56 Å². The third-order valence-corrected chi connectivity index (χ3v) is 3.05. The van der Waals surface area contributed by atoms with Gasteiger partial charge in [-0.25, -0.2) is 0 Å². The normalized spacial score (nSPS) is 9.88. The van der Waals surface area contributed by atoms with E-state index in [1.165, 1.54) is 24.3 Å². The Morgan fingerprint density at radius 2 is 1.67 bits per heavy atom. The number of nitro groups is 1. The Labute approximate surface area is 137 Å². The number of nitro benzene ring substituents is 1. The lowest BCUT2D eigenvalue weighted by Crippen LogP contribution is -2.43. The van der Waals surface area contributed by atoms with Crippen LogP contribution in [0, 0.1) is 17.0 Å². The van der Waals surface area contributed by atoms with E-state index in [-0.39, 0.29) is 17.9 Å². The first-order chi connectivity index (χ1) is 11.5. The Kier molecular flexibility index (Phi) is 5.45. The molecule has 0 aromatic heterocycles. The second-order valence-corrected chi connectivity index (χ2v) is 4.91. The third kappa shape index (κ3) is 4.80. The zero-order valence-corrected chi connectivity index (χ0v) is 12.8. The third-order valence-electron chi connectivity index (χ3n) is 3.05. The summed E-state index contributed by atoms with van der Waals surface area (Å²) < 4.78 is 5.26. The van der Waals surface area contributed by atoms with Gasteiger partial charge in [0.05, 0.1) is 4.92 Å². The molecule has 0 aliphatic carbocycles. The van der Waals surface area contributed by atoms with Gasteiger partial charge in [0, 0.05) is 17.7 Å². The van der Waals surface area contributed by atoms with Crippen LogP contribution in [-0.2, 0) is 4.79 Å². The summed E-state index contributed by atoms with van der Waals surface area (Å²) in [5.41, 5.74) is 5.54. The minimum atomic E-state index is -0.589. The van der Waals surface area contributed by atoms with Crippen molar-refractivity contribution in [3.05, 3.63) is 69.8 Å². The van der Waals surface area contributed by atoms with Gasteiger partial charge in [0.15, 0.2) is 6.61 Å². The number of benzene rings is 2. The van der Waals surface area contributed by atoms with Crippen LogP contribution in [0.25, 0.3) is 0 Å². The van der Waals surface area contributed by atoms with Gasteiger partial charge in [0.2, 0.25) is 0 Å². The Hall–Kier alpha value is -3.42. The van der Waals surface area contributed by atoms with E-state index in [2.05, 4.69) is 10.9 Å². The second-order valence-electron chi connectivity index (χ2n) is 4.91. The molecule has 0 aliphatic rings. The summed E-state index contributed by atoms with van der Waals surface area (Å²) in [4.78, 5) is 33.4. The predicted molar refractivity (Wildman–Crippen MR) is 85.4 cm³/mol. The SMILES string of the molecule is Cc1ccc(OCC(=O)NNC(=O)c2ccc([N+](=O)[O-])cc2)cc1. The van der Waals surface area contributed by atoms with Crippen molar-refractivity contribution < 1.29 is 19.2 Å². The molecule has 0 saturated heterocycles. The number of amides is 2. The Balaban J connectivity index is 1.79. The predicted octanol–water partition coefficient (Wildman–Crippen LogP) is 1.74. The molecule has 0 heterocycles. The average molecular weight is 329 g/mol. The van der Waals surface area contributed by atoms with Crippen molar-refractivity contribution in [1.82, 2.24) is 10.9 Å². The molecule has 0 spiro atoms. The van der Waals surface area contributed by atoms with E-state index in [9.17, 15) is 19.7 Å². The number of nitrogens with zero attached hydrogens (tertiary/aromatic N) is 1. The molecule has 8 heteroatoms. The van der Waals surface area contributed by atoms with Crippen molar-refractivity contribution in [3.63, 3.8) is 0 Å². The van der Waals surface area contributed by atoms with E-state index in [1.807, 2.05) is 19.1 Å². The molecular formula is C16H15N3O5. The molecule has 2 aromatic rings. The van der Waals surface area contributed by atoms with Gasteiger partial charge in [0.1, 0.15) is 5.75 Å². The number of aryl methyl sites for hydroxylation is 1. The van der Waals surface area contributed by atoms with E-state index in [1.54, 1.807) is 12.1 Å². The van der Waals surface area contributed by atoms with Gasteiger partial charge in [-0.2, -0.15) is 0 Å². The van der Waals surface area contributed by atoms with Crippen molar-refractivity contribution in [1.29, 1.82) is 0 Å². The fraction of sp³-hybridized carbons (Fsp3) is 0.125. The first-order valence-corrected chi connectivity index (χ1v) is 6.99. The summed E-state index contributed by atoms with van der Waals surface area (Å²) in [6.07, 6.45) is 0. The van der Waals surface area contributed by atoms with Crippen LogP contribution >= 0.6 is 0 Å². The van der Waals surface area contributed by atoms with Gasteiger partial charge < -0.3 is 4.74 Å². The highest BCUT2D eigenvalue weighted by molar-refractivity contribution is 5.95. The van der Waals surface area contributed by atoms with E-state index in [0.29, 0.717) is 5.75 Å². The maximum atomic E-state index is 11.8. The van der Waals surface area contributed by atoms with Crippen LogP contribution in [0.4, 0.5) is 5.69 Å². The van der Waals surface area contributed by atoms with Crippen LogP contribution in [0.3, 0.4) is 0 Å². The van der Waals surface area contributed by atoms with Gasteiger partial charge in [-0.15, -0.1) is 0 Å². The van der Waals surface area contributed by atoms with Crippen LogP contribution < -0.4 is 15.6 Å². The maximum Gasteiger partial charge on any atom is 0.276 e. The number of hydrogen-bond donors (Lipinski definition) is 2. The summed E-state index contributed by atoms with van der Waals surface area (Å²) in [5.74, 6) is -0.586. The van der Waals surface area contributed by atoms with Gasteiger partial charge in [-0.05, 0) is 31.2 Å². The monoisotopic (exact) mass is 329 g/mol. The Morgan fingerprint density at radius 1 is 1.04 bits per heavy atom. The zero-order chi connectivity index (χ0) is 17.5. The number of ether oxygens (including phenoxy) is 1. The number of carbonyl (C=O) groups is 2. The molecule has 124 valence electrons. The first-order valence-electron chi connectivity index (χ1n) is 6.99. The highest BCUT2D eigenvalue weighted by atomic mass is 16.6. The first kappa shape index (κ1) is 16.9. The largest absolute Gasteiger partial charge is 0.484 e. The average Bonchev–Trinajstić information content (AvgIpc) is 2.59. The highest BCUT2D eigenvalue weighted by Crippen LogP contribution is 2.12. The van der Waals surface area contributed by atoms with Gasteiger partial charge in [-0.3, -0.25) is 30.6 Å². The van der Waals surface area contributed by atoms with E-state index in [4.69, 9.17) is 4.74 Å². The van der Waals surface area contributed by atoms with Gasteiger partial charge in [0.25, 0.3) is 17.5 Å². The van der Waals surface area contributed by atoms with Crippen molar-refractivity contribution in [2.75, 3.05) is 6.61 Å². The smallest absolute Gasteiger partial charge is 0.276 e. The number of carbonyl (C=O) groups excluding carboxylic acids is 2. The quantitative estimate of drug-likeness (QED) is 0.641. The number of rotatable bonds is 5. The van der Waals surface area contributed by atoms with Gasteiger partial charge >= 0.3 is 0 Å². The lowest BCUT2D eigenvalue weighted by atomic mass is 10.2. The molecule has 24 heavy (non-hydrogen) atoms. The highest BCUT2D eigenvalue weighted by Gasteiger charge is 2.10. The molecule has 0 unspecified atom stereocenters. The minimum absolute atomic E-state index is 0.123. The number of non-ortho nitro benzene ring substituents is 1. The fourth-order valence-corrected chi connectivity index (χ4v) is 1.75. The molecule has 0 saturated carbocycles. The lowest BCUT2D eigenvalue weighted by molar-refractivity contribution is -0.384. The van der Waals surface area contributed by atoms with Crippen molar-refractivity contribution in [2.45, 2.75) is 6.92 Å². The molecule has 0 radical (unpaired) electrons. The molecule has 0 aliphatic heterocycles. The van der Waals surface area contributed by atoms with Crippen LogP contribution in [0.5, 0.6) is 5.75 Å². The number of nitrogens with one attached hydrogen (secondary N) is 2. The zero-order valence-electron chi connectivity index (χ0n) is 12.8. The summed E-state index contributed by atoms with van der Waals surface area (Å²) >= 11 is 0. The molecule has 2 rings (SSSR count). The number of hydrogen-bond acceptors (Lipinski definition) is 5. The van der Waals surface area contributed by atoms with Crippen molar-refractivity contribution in [2.24, 2.45) is 0 Å². The summed E-state index contributed by atoms with van der Waals surface area (Å²) in [6.45, 7) is 1.67. The maximum absolute atomic E-state index is 11.8. The molecular weight excluding hydrogens is 314 g/mol. The van der Waals surface area contributed by atoms with Crippen LogP contribution in [0.15, 0.2) is 48.5 Å². The van der Waals surface area contributed by atoms with Crippen LogP contribution in [-0.4, -0.2) is 23.3 Å². The Bertz CT molecular complexity index is 741. The molecule has 2 N–H and O–H groups in total. The summed E-state index contributed by atoms with van der Waals surface area (Å²) in [6, 6.07) is 12.2. The summed E-state index contributed by atoms with van der Waals surface area (Å²) in [5, 5.41) is 10.5. The topological polar surface area (TPSA) is 111 Å². The second kappa shape index (κ2) is 7.73. The standard InChI is InChI=1S/C16H15N3O5/c1-11-2-8-14(9-3-11)24-10-15(20)17-18-16(21)12-4-6-13(7-5-12)19(22)23/h2-9H,10H2,1H3,(H,17,20)(H,18,21). The van der Waals surface area contributed by atoms with Crippen molar-refractivity contribution in [3.8, 4) is 5.75 Å². The molecule has 0 fully saturated rings. The lowest BCUT2D eigenvalue weighted by Gasteiger charge is -2.09. The molecule has 0 bridgehead atoms. The fourth-order valence-electron chi connectivity index (χ4n) is 1.75. The summed E-state index contributed by atoms with van der Waals surface area (Å²) in [7, 11) is 0. The van der Waals surface area contributed by atoms with Crippen LogP contribution in [0.2, 0.25) is 0 Å². The van der Waals surface area contributed by atoms with Gasteiger partial charge in [-0.1, -0.05) is 17.7 Å².